The van der Waals surface area contributed by atoms with E-state index < -0.39 is 15.8 Å². The van der Waals surface area contributed by atoms with Crippen molar-refractivity contribution < 1.29 is 23.1 Å². The van der Waals surface area contributed by atoms with Crippen molar-refractivity contribution in [2.75, 3.05) is 19.3 Å². The van der Waals surface area contributed by atoms with Crippen LogP contribution in [0.15, 0.2) is 52.4 Å². The molecule has 0 radical (unpaired) electrons. The summed E-state index contributed by atoms with van der Waals surface area (Å²) in [5.74, 6) is 0.139. The zero-order valence-electron chi connectivity index (χ0n) is 15.0. The van der Waals surface area contributed by atoms with Crippen molar-refractivity contribution in [2.24, 2.45) is 4.99 Å². The first kappa shape index (κ1) is 20.0. The van der Waals surface area contributed by atoms with E-state index >= 15 is 0 Å². The normalized spacial score (nSPS) is 13.5. The van der Waals surface area contributed by atoms with Gasteiger partial charge in [-0.1, -0.05) is 24.4 Å². The molecule has 0 atom stereocenters. The summed E-state index contributed by atoms with van der Waals surface area (Å²) in [5.41, 5.74) is 0.722. The molecule has 9 heteroatoms. The summed E-state index contributed by atoms with van der Waals surface area (Å²) in [6, 6.07) is 10.7. The highest BCUT2D eigenvalue weighted by Gasteiger charge is 2.18. The lowest BCUT2D eigenvalue weighted by atomic mass is 10.1. The van der Waals surface area contributed by atoms with Crippen LogP contribution in [0, 0.1) is 0 Å². The Morgan fingerprint density at radius 1 is 1.21 bits per heavy atom. The number of hydrogen-bond donors (Lipinski definition) is 2. The average molecular weight is 418 g/mol. The molecule has 0 amide bonds. The minimum atomic E-state index is -3.67. The van der Waals surface area contributed by atoms with Crippen molar-refractivity contribution in [3.8, 4) is 11.5 Å². The van der Waals surface area contributed by atoms with Gasteiger partial charge in [-0.3, -0.25) is 4.99 Å². The van der Waals surface area contributed by atoms with Crippen molar-refractivity contribution in [2.45, 2.75) is 11.3 Å². The van der Waals surface area contributed by atoms with Crippen LogP contribution in [-0.2, 0) is 9.84 Å². The third-order valence-corrected chi connectivity index (χ3v) is 5.56. The first-order valence-electron chi connectivity index (χ1n) is 8.40. The second-order valence-electron chi connectivity index (χ2n) is 6.22. The summed E-state index contributed by atoms with van der Waals surface area (Å²) in [4.78, 5) is 16.0. The van der Waals surface area contributed by atoms with Gasteiger partial charge in [0.25, 0.3) is 0 Å². The molecule has 3 rings (SSSR count). The zero-order valence-corrected chi connectivity index (χ0v) is 16.6. The van der Waals surface area contributed by atoms with E-state index in [0.717, 1.165) is 41.7 Å². The number of carboxylic acids is 1. The van der Waals surface area contributed by atoms with Crippen molar-refractivity contribution in [1.29, 1.82) is 0 Å². The van der Waals surface area contributed by atoms with E-state index in [1.54, 1.807) is 24.3 Å². The van der Waals surface area contributed by atoms with Gasteiger partial charge in [-0.05, 0) is 35.9 Å². The molecule has 1 aliphatic rings. The number of aliphatic imine (C=N–C) groups is 1. The van der Waals surface area contributed by atoms with E-state index in [-0.39, 0.29) is 16.2 Å². The van der Waals surface area contributed by atoms with E-state index in [9.17, 15) is 13.2 Å². The van der Waals surface area contributed by atoms with Crippen LogP contribution in [0.25, 0.3) is 0 Å². The predicted molar refractivity (Wildman–Crippen MR) is 110 cm³/mol. The first-order valence-corrected chi connectivity index (χ1v) is 10.7. The number of aromatic carboxylic acids is 1. The molecule has 0 saturated heterocycles. The van der Waals surface area contributed by atoms with Crippen LogP contribution in [0.5, 0.6) is 11.5 Å². The molecule has 2 N–H and O–H groups in total. The monoisotopic (exact) mass is 418 g/mol. The molecule has 0 unspecified atom stereocenters. The van der Waals surface area contributed by atoms with Gasteiger partial charge in [-0.15, -0.1) is 0 Å². The van der Waals surface area contributed by atoms with E-state index in [1.165, 1.54) is 12.1 Å². The molecular weight excluding hydrogens is 400 g/mol. The van der Waals surface area contributed by atoms with Gasteiger partial charge < -0.3 is 15.2 Å². The Bertz CT molecular complexity index is 1060. The van der Waals surface area contributed by atoms with E-state index in [2.05, 4.69) is 10.3 Å². The van der Waals surface area contributed by atoms with Crippen LogP contribution in [-0.4, -0.2) is 49.5 Å². The maximum Gasteiger partial charge on any atom is 0.335 e. The third-order valence-electron chi connectivity index (χ3n) is 4.07. The number of benzene rings is 2. The molecule has 28 heavy (non-hydrogen) atoms. The molecular formula is C19H18N2O5S2. The highest BCUT2D eigenvalue weighted by molar-refractivity contribution is 7.90. The molecule has 0 saturated carbocycles. The number of nitrogens with zero attached hydrogens (tertiary/aromatic N) is 1. The van der Waals surface area contributed by atoms with Gasteiger partial charge in [0.1, 0.15) is 22.2 Å². The number of ether oxygens (including phenoxy) is 1. The second kappa shape index (κ2) is 8.07. The molecule has 2 aromatic carbocycles. The van der Waals surface area contributed by atoms with E-state index in [4.69, 9.17) is 22.1 Å². The Morgan fingerprint density at radius 3 is 2.46 bits per heavy atom. The number of nitrogens with one attached hydrogen (secondary N) is 1. The number of sulfone groups is 1. The molecule has 0 aliphatic carbocycles. The predicted octanol–water partition coefficient (Wildman–Crippen LogP) is 2.69. The van der Waals surface area contributed by atoms with Gasteiger partial charge in [0.05, 0.1) is 12.1 Å². The molecule has 1 aliphatic heterocycles. The van der Waals surface area contributed by atoms with Crippen LogP contribution in [0.3, 0.4) is 0 Å². The molecule has 0 fully saturated rings. The van der Waals surface area contributed by atoms with Crippen LogP contribution in [0.4, 0.5) is 0 Å². The second-order valence-corrected chi connectivity index (χ2v) is 8.70. The van der Waals surface area contributed by atoms with E-state index in [0.29, 0.717) is 12.2 Å². The van der Waals surface area contributed by atoms with Gasteiger partial charge in [0, 0.05) is 24.1 Å². The minimum Gasteiger partial charge on any atom is -0.478 e. The summed E-state index contributed by atoms with van der Waals surface area (Å²) in [5, 5.41) is 12.3. The van der Waals surface area contributed by atoms with Crippen molar-refractivity contribution in [3.63, 3.8) is 0 Å². The lowest BCUT2D eigenvalue weighted by molar-refractivity contribution is 0.0696. The van der Waals surface area contributed by atoms with Crippen LogP contribution in [0.2, 0.25) is 0 Å². The van der Waals surface area contributed by atoms with Crippen molar-refractivity contribution in [3.05, 3.63) is 53.6 Å². The molecule has 146 valence electrons. The lowest BCUT2D eigenvalue weighted by Gasteiger charge is -2.12. The fourth-order valence-corrected chi connectivity index (χ4v) is 3.76. The third kappa shape index (κ3) is 4.73. The first-order chi connectivity index (χ1) is 13.2. The van der Waals surface area contributed by atoms with Crippen molar-refractivity contribution >= 4 is 38.7 Å². The summed E-state index contributed by atoms with van der Waals surface area (Å²) < 4.78 is 29.7. The Morgan fingerprint density at radius 2 is 1.89 bits per heavy atom. The number of carboxylic acid groups (broad SMARTS) is 1. The van der Waals surface area contributed by atoms with Gasteiger partial charge >= 0.3 is 5.97 Å². The fraction of sp³-hybridized carbons (Fsp3) is 0.211. The topological polar surface area (TPSA) is 105 Å². The molecule has 0 aromatic heterocycles. The Balaban J connectivity index is 1.80. The van der Waals surface area contributed by atoms with Crippen LogP contribution < -0.4 is 10.1 Å². The zero-order chi connectivity index (χ0) is 20.3. The minimum absolute atomic E-state index is 0.0623. The fourth-order valence-electron chi connectivity index (χ4n) is 2.67. The van der Waals surface area contributed by atoms with Crippen molar-refractivity contribution in [1.82, 2.24) is 5.32 Å². The number of amidine groups is 1. The number of rotatable bonds is 7. The molecule has 0 bridgehead atoms. The number of carbonyl (C=O) groups is 1. The molecule has 7 nitrogen and oxygen atoms in total. The largest absolute Gasteiger partial charge is 0.478 e. The smallest absolute Gasteiger partial charge is 0.335 e. The SMILES string of the molecule is CS(=O)(=O)c1cc(C(=O)O)ccc1Oc1ccc(C(=S)CC2=NCCN2)cc1. The van der Waals surface area contributed by atoms with Gasteiger partial charge in [0.15, 0.2) is 9.84 Å². The summed E-state index contributed by atoms with van der Waals surface area (Å²) in [7, 11) is -3.67. The number of hydrogen-bond acceptors (Lipinski definition) is 7. The summed E-state index contributed by atoms with van der Waals surface area (Å²) >= 11 is 5.44. The Kier molecular flexibility index (Phi) is 5.76. The molecule has 0 spiro atoms. The standard InChI is InChI=1S/C19H18N2O5S2/c1-28(24,25)17-10-13(19(22)23)4-7-15(17)26-14-5-2-12(3-6-14)16(27)11-18-20-8-9-21-18/h2-7,10H,8-9,11H2,1H3,(H,20,21)(H,22,23). The van der Waals surface area contributed by atoms with E-state index in [1.807, 2.05) is 0 Å². The summed E-state index contributed by atoms with van der Waals surface area (Å²) in [6.45, 7) is 1.59. The molecule has 1 heterocycles. The lowest BCUT2D eigenvalue weighted by Crippen LogP contribution is -2.21. The highest BCUT2D eigenvalue weighted by Crippen LogP contribution is 2.30. The van der Waals surface area contributed by atoms with Crippen LogP contribution in [0.1, 0.15) is 22.3 Å². The Hall–Kier alpha value is -2.78. The van der Waals surface area contributed by atoms with Gasteiger partial charge in [-0.2, -0.15) is 0 Å². The van der Waals surface area contributed by atoms with Gasteiger partial charge in [-0.25, -0.2) is 13.2 Å². The Labute approximate surface area is 168 Å². The van der Waals surface area contributed by atoms with Gasteiger partial charge in [0.2, 0.25) is 0 Å². The summed E-state index contributed by atoms with van der Waals surface area (Å²) in [6.07, 6.45) is 1.56. The quantitative estimate of drug-likeness (QED) is 0.526. The maximum atomic E-state index is 12.0. The number of thiocarbonyl (C=S) groups is 1. The average Bonchev–Trinajstić information content (AvgIpc) is 3.14. The van der Waals surface area contributed by atoms with Crippen LogP contribution >= 0.6 is 12.2 Å². The maximum absolute atomic E-state index is 12.0. The highest BCUT2D eigenvalue weighted by atomic mass is 32.2. The molecule has 2 aromatic rings.